The van der Waals surface area contributed by atoms with E-state index in [1.54, 1.807) is 25.1 Å². The van der Waals surface area contributed by atoms with Crippen LogP contribution in [0, 0.1) is 19.7 Å². The smallest absolute Gasteiger partial charge is 0.261 e. The van der Waals surface area contributed by atoms with Gasteiger partial charge in [-0.2, -0.15) is 0 Å². The molecule has 0 fully saturated rings. The second kappa shape index (κ2) is 11.1. The molecule has 30 heavy (non-hydrogen) atoms. The summed E-state index contributed by atoms with van der Waals surface area (Å²) in [6.45, 7) is 7.71. The van der Waals surface area contributed by atoms with Gasteiger partial charge in [-0.3, -0.25) is 9.59 Å². The Morgan fingerprint density at radius 1 is 1.20 bits per heavy atom. The number of carbonyl (C=O) groups is 2. The lowest BCUT2D eigenvalue weighted by molar-refractivity contribution is -0.142. The molecule has 0 aliphatic heterocycles. The number of nitrogens with zero attached hydrogens (tertiary/aromatic N) is 1. The average Bonchev–Trinajstić information content (AvgIpc) is 2.72. The van der Waals surface area contributed by atoms with Crippen molar-refractivity contribution in [1.29, 1.82) is 0 Å². The van der Waals surface area contributed by atoms with Gasteiger partial charge in [0.15, 0.2) is 6.61 Å². The molecule has 0 heterocycles. The highest BCUT2D eigenvalue weighted by molar-refractivity contribution is 9.10. The molecule has 0 aromatic heterocycles. The minimum Gasteiger partial charge on any atom is -0.484 e. The van der Waals surface area contributed by atoms with Crippen LogP contribution < -0.4 is 10.1 Å². The first kappa shape index (κ1) is 23.9. The molecule has 0 aliphatic rings. The molecule has 2 amide bonds. The average molecular weight is 479 g/mol. The van der Waals surface area contributed by atoms with E-state index in [9.17, 15) is 14.0 Å². The number of carbonyl (C=O) groups excluding carboxylic acids is 2. The van der Waals surface area contributed by atoms with Gasteiger partial charge in [-0.15, -0.1) is 0 Å². The number of benzene rings is 2. The lowest BCUT2D eigenvalue weighted by atomic mass is 10.1. The number of nitrogens with one attached hydrogen (secondary N) is 1. The van der Waals surface area contributed by atoms with Crippen LogP contribution in [0.4, 0.5) is 4.39 Å². The number of hydrogen-bond donors (Lipinski definition) is 1. The Kier molecular flexibility index (Phi) is 8.84. The minimum absolute atomic E-state index is 0.0199. The van der Waals surface area contributed by atoms with Crippen molar-refractivity contribution in [3.05, 3.63) is 63.4 Å². The Morgan fingerprint density at radius 2 is 1.83 bits per heavy atom. The molecule has 0 radical (unpaired) electrons. The molecule has 2 rings (SSSR count). The van der Waals surface area contributed by atoms with E-state index in [2.05, 4.69) is 21.2 Å². The second-order valence-corrected chi connectivity index (χ2v) is 8.03. The Morgan fingerprint density at radius 3 is 2.43 bits per heavy atom. The maximum absolute atomic E-state index is 14.2. The van der Waals surface area contributed by atoms with Crippen LogP contribution in [0.1, 0.15) is 37.0 Å². The predicted molar refractivity (Wildman–Crippen MR) is 119 cm³/mol. The molecule has 2 aromatic rings. The molecule has 5 nitrogen and oxygen atoms in total. The molecule has 0 saturated heterocycles. The summed E-state index contributed by atoms with van der Waals surface area (Å²) in [6.07, 6.45) is 0.783. The van der Waals surface area contributed by atoms with E-state index < -0.39 is 17.8 Å². The molecular formula is C23H28BrFN2O3. The van der Waals surface area contributed by atoms with Crippen molar-refractivity contribution in [1.82, 2.24) is 10.2 Å². The largest absolute Gasteiger partial charge is 0.484 e. The Balaban J connectivity index is 2.18. The van der Waals surface area contributed by atoms with Crippen LogP contribution in [-0.4, -0.2) is 35.9 Å². The van der Waals surface area contributed by atoms with Crippen LogP contribution in [0.5, 0.6) is 5.75 Å². The van der Waals surface area contributed by atoms with E-state index >= 15 is 0 Å². The molecule has 7 heteroatoms. The maximum atomic E-state index is 14.2. The third-order valence-corrected chi connectivity index (χ3v) is 6.04. The van der Waals surface area contributed by atoms with Crippen molar-refractivity contribution in [3.63, 3.8) is 0 Å². The van der Waals surface area contributed by atoms with Crippen LogP contribution in [0.25, 0.3) is 0 Å². The van der Waals surface area contributed by atoms with E-state index in [-0.39, 0.29) is 19.1 Å². The van der Waals surface area contributed by atoms with Crippen LogP contribution in [0.15, 0.2) is 40.9 Å². The lowest BCUT2D eigenvalue weighted by Gasteiger charge is -2.29. The van der Waals surface area contributed by atoms with Crippen molar-refractivity contribution in [3.8, 4) is 5.75 Å². The van der Waals surface area contributed by atoms with Crippen molar-refractivity contribution in [2.24, 2.45) is 0 Å². The van der Waals surface area contributed by atoms with Crippen molar-refractivity contribution in [2.45, 2.75) is 46.7 Å². The normalized spacial score (nSPS) is 11.7. The molecule has 0 bridgehead atoms. The summed E-state index contributed by atoms with van der Waals surface area (Å²) in [6, 6.07) is 9.14. The summed E-state index contributed by atoms with van der Waals surface area (Å²) in [5.74, 6) is -0.528. The number of halogens is 2. The molecule has 2 aromatic carbocycles. The van der Waals surface area contributed by atoms with Crippen molar-refractivity contribution < 1.29 is 18.7 Å². The zero-order chi connectivity index (χ0) is 22.3. The van der Waals surface area contributed by atoms with Crippen LogP contribution in [0.2, 0.25) is 0 Å². The van der Waals surface area contributed by atoms with E-state index in [0.29, 0.717) is 17.9 Å². The summed E-state index contributed by atoms with van der Waals surface area (Å²) >= 11 is 3.51. The fourth-order valence-corrected chi connectivity index (χ4v) is 3.24. The molecule has 0 saturated carbocycles. The topological polar surface area (TPSA) is 58.6 Å². The van der Waals surface area contributed by atoms with Crippen LogP contribution in [-0.2, 0) is 16.1 Å². The number of rotatable bonds is 9. The van der Waals surface area contributed by atoms with Crippen LogP contribution in [0.3, 0.4) is 0 Å². The van der Waals surface area contributed by atoms with E-state index in [0.717, 1.165) is 22.0 Å². The van der Waals surface area contributed by atoms with Gasteiger partial charge in [0.1, 0.15) is 17.6 Å². The van der Waals surface area contributed by atoms with Gasteiger partial charge in [-0.05, 0) is 56.5 Å². The number of amides is 2. The highest BCUT2D eigenvalue weighted by Crippen LogP contribution is 2.26. The van der Waals surface area contributed by atoms with Gasteiger partial charge >= 0.3 is 0 Å². The molecular weight excluding hydrogens is 451 g/mol. The molecule has 1 atom stereocenters. The molecule has 1 unspecified atom stereocenters. The standard InChI is InChI=1S/C23H28BrFN2O3/c1-5-10-26-23(29)17(4)27(13-18-8-6-7-9-20(18)25)21(28)14-30-19-11-15(2)22(24)16(3)12-19/h6-9,11-12,17H,5,10,13-14H2,1-4H3,(H,26,29). The maximum Gasteiger partial charge on any atom is 0.261 e. The van der Waals surface area contributed by atoms with Gasteiger partial charge in [0.05, 0.1) is 0 Å². The number of aryl methyl sites for hydroxylation is 2. The zero-order valence-corrected chi connectivity index (χ0v) is 19.4. The first-order valence-electron chi connectivity index (χ1n) is 9.94. The summed E-state index contributed by atoms with van der Waals surface area (Å²) in [4.78, 5) is 26.8. The first-order valence-corrected chi connectivity index (χ1v) is 10.7. The SMILES string of the molecule is CCCNC(=O)C(C)N(Cc1ccccc1F)C(=O)COc1cc(C)c(Br)c(C)c1. The summed E-state index contributed by atoms with van der Waals surface area (Å²) in [5.41, 5.74) is 2.33. The van der Waals surface area contributed by atoms with Gasteiger partial charge in [0.2, 0.25) is 5.91 Å². The van der Waals surface area contributed by atoms with Gasteiger partial charge < -0.3 is 15.0 Å². The highest BCUT2D eigenvalue weighted by Gasteiger charge is 2.27. The quantitative estimate of drug-likeness (QED) is 0.575. The van der Waals surface area contributed by atoms with Gasteiger partial charge in [-0.1, -0.05) is 41.1 Å². The van der Waals surface area contributed by atoms with E-state index in [1.807, 2.05) is 32.9 Å². The fraction of sp³-hybridized carbons (Fsp3) is 0.391. The zero-order valence-electron chi connectivity index (χ0n) is 17.8. The third kappa shape index (κ3) is 6.29. The van der Waals surface area contributed by atoms with Crippen molar-refractivity contribution in [2.75, 3.05) is 13.2 Å². The van der Waals surface area contributed by atoms with Crippen molar-refractivity contribution >= 4 is 27.7 Å². The minimum atomic E-state index is -0.763. The second-order valence-electron chi connectivity index (χ2n) is 7.24. The lowest BCUT2D eigenvalue weighted by Crippen LogP contribution is -2.49. The van der Waals surface area contributed by atoms with Gasteiger partial charge in [0, 0.05) is 23.1 Å². The predicted octanol–water partition coefficient (Wildman–Crippen LogP) is 4.53. The van der Waals surface area contributed by atoms with E-state index in [4.69, 9.17) is 4.74 Å². The molecule has 162 valence electrons. The monoisotopic (exact) mass is 478 g/mol. The number of hydrogen-bond acceptors (Lipinski definition) is 3. The molecule has 1 N–H and O–H groups in total. The Hall–Kier alpha value is -2.41. The fourth-order valence-electron chi connectivity index (χ4n) is 3.01. The Bertz CT molecular complexity index is 881. The van der Waals surface area contributed by atoms with Gasteiger partial charge in [0.25, 0.3) is 5.91 Å². The third-order valence-electron chi connectivity index (χ3n) is 4.79. The van der Waals surface area contributed by atoms with E-state index in [1.165, 1.54) is 11.0 Å². The molecule has 0 spiro atoms. The Labute approximate surface area is 185 Å². The van der Waals surface area contributed by atoms with Gasteiger partial charge in [-0.25, -0.2) is 4.39 Å². The summed E-state index contributed by atoms with van der Waals surface area (Å²) in [5, 5.41) is 2.79. The summed E-state index contributed by atoms with van der Waals surface area (Å²) < 4.78 is 20.9. The summed E-state index contributed by atoms with van der Waals surface area (Å²) in [7, 11) is 0. The number of ether oxygens (including phenoxy) is 1. The molecule has 0 aliphatic carbocycles. The van der Waals surface area contributed by atoms with Crippen LogP contribution >= 0.6 is 15.9 Å². The highest BCUT2D eigenvalue weighted by atomic mass is 79.9. The first-order chi connectivity index (χ1) is 14.2.